The van der Waals surface area contributed by atoms with E-state index in [1.807, 2.05) is 30.3 Å². The Labute approximate surface area is 154 Å². The lowest BCUT2D eigenvalue weighted by atomic mass is 10.2. The predicted molar refractivity (Wildman–Crippen MR) is 99.7 cm³/mol. The summed E-state index contributed by atoms with van der Waals surface area (Å²) in [4.78, 5) is 15.6. The van der Waals surface area contributed by atoms with Crippen LogP contribution in [0.15, 0.2) is 48.7 Å². The first kappa shape index (κ1) is 16.6. The van der Waals surface area contributed by atoms with E-state index in [-0.39, 0.29) is 12.7 Å². The average molecular weight is 364 g/mol. The zero-order chi connectivity index (χ0) is 18.6. The fraction of sp³-hybridized carbons (Fsp3) is 0.111. The number of fused-ring (bicyclic) bond motifs is 1. The molecule has 9 nitrogen and oxygen atoms in total. The first-order valence-electron chi connectivity index (χ1n) is 8.17. The molecule has 2 heterocycles. The molecule has 1 aliphatic rings. The van der Waals surface area contributed by atoms with Gasteiger partial charge in [-0.25, -0.2) is 0 Å². The molecule has 136 valence electrons. The molecule has 0 fully saturated rings. The molecule has 0 unspecified atom stereocenters. The van der Waals surface area contributed by atoms with Crippen LogP contribution in [0.1, 0.15) is 6.92 Å². The number of nitrogens with one attached hydrogen (secondary N) is 3. The Morgan fingerprint density at radius 1 is 1.00 bits per heavy atom. The summed E-state index contributed by atoms with van der Waals surface area (Å²) in [6, 6.07) is 12.7. The van der Waals surface area contributed by atoms with Crippen molar-refractivity contribution < 1.29 is 14.3 Å². The van der Waals surface area contributed by atoms with Gasteiger partial charge in [0.1, 0.15) is 0 Å². The van der Waals surface area contributed by atoms with Gasteiger partial charge in [-0.05, 0) is 30.3 Å². The number of carbonyl (C=O) groups is 1. The molecule has 3 N–H and O–H groups in total. The molecule has 27 heavy (non-hydrogen) atoms. The van der Waals surface area contributed by atoms with Gasteiger partial charge in [0.2, 0.25) is 18.6 Å². The average Bonchev–Trinajstić information content (AvgIpc) is 3.09. The smallest absolute Gasteiger partial charge is 0.249 e. The summed E-state index contributed by atoms with van der Waals surface area (Å²) in [5.74, 6) is 2.09. The Balaban J connectivity index is 1.48. The van der Waals surface area contributed by atoms with Crippen molar-refractivity contribution in [3.05, 3.63) is 48.7 Å². The van der Waals surface area contributed by atoms with Crippen molar-refractivity contribution in [3.63, 3.8) is 0 Å². The minimum absolute atomic E-state index is 0.139. The van der Waals surface area contributed by atoms with Gasteiger partial charge in [0.05, 0.1) is 6.20 Å². The first-order chi connectivity index (χ1) is 13.2. The number of carbonyl (C=O) groups excluding carboxylic acids is 1. The molecule has 0 saturated carbocycles. The van der Waals surface area contributed by atoms with E-state index in [4.69, 9.17) is 9.47 Å². The summed E-state index contributed by atoms with van der Waals surface area (Å²) in [5, 5.41) is 16.9. The number of rotatable bonds is 5. The highest BCUT2D eigenvalue weighted by molar-refractivity contribution is 5.89. The van der Waals surface area contributed by atoms with Gasteiger partial charge in [0.15, 0.2) is 17.3 Å². The van der Waals surface area contributed by atoms with Gasteiger partial charge in [-0.1, -0.05) is 6.07 Å². The second-order valence-electron chi connectivity index (χ2n) is 5.75. The van der Waals surface area contributed by atoms with Crippen LogP contribution in [0.2, 0.25) is 0 Å². The van der Waals surface area contributed by atoms with E-state index in [2.05, 4.69) is 31.1 Å². The summed E-state index contributed by atoms with van der Waals surface area (Å²) in [5.41, 5.74) is 2.19. The summed E-state index contributed by atoms with van der Waals surface area (Å²) < 4.78 is 10.7. The molecule has 4 rings (SSSR count). The molecule has 3 aromatic rings. The quantitative estimate of drug-likeness (QED) is 0.634. The lowest BCUT2D eigenvalue weighted by Crippen LogP contribution is -2.06. The van der Waals surface area contributed by atoms with Gasteiger partial charge in [-0.2, -0.15) is 10.1 Å². The highest BCUT2D eigenvalue weighted by atomic mass is 16.7. The topological polar surface area (TPSA) is 110 Å². The van der Waals surface area contributed by atoms with E-state index in [1.54, 1.807) is 12.1 Å². The summed E-state index contributed by atoms with van der Waals surface area (Å²) >= 11 is 0. The molecule has 1 aliphatic heterocycles. The molecular formula is C18H16N6O3. The van der Waals surface area contributed by atoms with E-state index in [1.165, 1.54) is 13.1 Å². The fourth-order valence-corrected chi connectivity index (χ4v) is 2.55. The predicted octanol–water partition coefficient (Wildman–Crippen LogP) is 3.05. The number of amides is 1. The highest BCUT2D eigenvalue weighted by Gasteiger charge is 2.13. The Bertz CT molecular complexity index is 994. The molecule has 1 amide bonds. The second kappa shape index (κ2) is 7.16. The van der Waals surface area contributed by atoms with Crippen LogP contribution in [-0.4, -0.2) is 27.9 Å². The molecule has 0 aliphatic carbocycles. The molecular weight excluding hydrogens is 348 g/mol. The standard InChI is InChI=1S/C18H16N6O3/c1-11(25)20-12-3-2-4-13(7-12)22-18-23-17(9-19-24-18)21-14-5-6-15-16(8-14)27-10-26-15/h2-9H,10H2,1H3,(H,20,25)(H2,21,22,23,24). The third-order valence-corrected chi connectivity index (χ3v) is 3.64. The maximum Gasteiger partial charge on any atom is 0.249 e. The summed E-state index contributed by atoms with van der Waals surface area (Å²) in [7, 11) is 0. The van der Waals surface area contributed by atoms with Gasteiger partial charge < -0.3 is 25.4 Å². The van der Waals surface area contributed by atoms with Crippen LogP contribution < -0.4 is 25.4 Å². The van der Waals surface area contributed by atoms with Crippen molar-refractivity contribution >= 4 is 34.7 Å². The van der Waals surface area contributed by atoms with Crippen molar-refractivity contribution in [2.75, 3.05) is 22.7 Å². The number of hydrogen-bond acceptors (Lipinski definition) is 8. The van der Waals surface area contributed by atoms with Gasteiger partial charge in [0.25, 0.3) is 0 Å². The second-order valence-corrected chi connectivity index (χ2v) is 5.75. The molecule has 0 bridgehead atoms. The van der Waals surface area contributed by atoms with Crippen LogP contribution >= 0.6 is 0 Å². The minimum atomic E-state index is -0.139. The Kier molecular flexibility index (Phi) is 4.40. The van der Waals surface area contributed by atoms with Crippen LogP contribution in [0, 0.1) is 0 Å². The number of aromatic nitrogens is 3. The van der Waals surface area contributed by atoms with Gasteiger partial charge >= 0.3 is 0 Å². The summed E-state index contributed by atoms with van der Waals surface area (Å²) in [6.07, 6.45) is 1.52. The molecule has 2 aromatic carbocycles. The van der Waals surface area contributed by atoms with Gasteiger partial charge in [0, 0.05) is 30.1 Å². The maximum atomic E-state index is 11.2. The molecule has 0 atom stereocenters. The third-order valence-electron chi connectivity index (χ3n) is 3.64. The van der Waals surface area contributed by atoms with E-state index in [0.29, 0.717) is 29.0 Å². The van der Waals surface area contributed by atoms with Crippen LogP contribution in [0.25, 0.3) is 0 Å². The molecule has 0 spiro atoms. The van der Waals surface area contributed by atoms with Gasteiger partial charge in [-0.15, -0.1) is 5.10 Å². The van der Waals surface area contributed by atoms with Crippen LogP contribution in [-0.2, 0) is 4.79 Å². The number of anilines is 5. The van der Waals surface area contributed by atoms with E-state index < -0.39 is 0 Å². The zero-order valence-corrected chi connectivity index (χ0v) is 14.4. The van der Waals surface area contributed by atoms with Crippen molar-refractivity contribution in [3.8, 4) is 11.5 Å². The number of hydrogen-bond donors (Lipinski definition) is 3. The van der Waals surface area contributed by atoms with Gasteiger partial charge in [-0.3, -0.25) is 4.79 Å². The van der Waals surface area contributed by atoms with Crippen LogP contribution in [0.4, 0.5) is 28.8 Å². The molecule has 9 heteroatoms. The number of benzene rings is 2. The minimum Gasteiger partial charge on any atom is -0.454 e. The largest absolute Gasteiger partial charge is 0.454 e. The zero-order valence-electron chi connectivity index (χ0n) is 14.4. The van der Waals surface area contributed by atoms with Crippen LogP contribution in [0.3, 0.4) is 0 Å². The van der Waals surface area contributed by atoms with E-state index in [9.17, 15) is 4.79 Å². The Hall–Kier alpha value is -3.88. The number of nitrogens with zero attached hydrogens (tertiary/aromatic N) is 3. The SMILES string of the molecule is CC(=O)Nc1cccc(Nc2nncc(Nc3ccc4c(c3)OCO4)n2)c1. The monoisotopic (exact) mass is 364 g/mol. The molecule has 1 aromatic heterocycles. The van der Waals surface area contributed by atoms with Crippen molar-refractivity contribution in [1.82, 2.24) is 15.2 Å². The molecule has 0 saturated heterocycles. The third kappa shape index (κ3) is 4.03. The van der Waals surface area contributed by atoms with Crippen molar-refractivity contribution in [2.24, 2.45) is 0 Å². The molecule has 0 radical (unpaired) electrons. The van der Waals surface area contributed by atoms with Crippen molar-refractivity contribution in [1.29, 1.82) is 0 Å². The Morgan fingerprint density at radius 2 is 1.81 bits per heavy atom. The summed E-state index contributed by atoms with van der Waals surface area (Å²) in [6.45, 7) is 1.68. The van der Waals surface area contributed by atoms with E-state index >= 15 is 0 Å². The van der Waals surface area contributed by atoms with Crippen molar-refractivity contribution in [2.45, 2.75) is 6.92 Å². The maximum absolute atomic E-state index is 11.2. The first-order valence-corrected chi connectivity index (χ1v) is 8.17. The lowest BCUT2D eigenvalue weighted by Gasteiger charge is -2.09. The Morgan fingerprint density at radius 3 is 2.70 bits per heavy atom. The number of ether oxygens (including phenoxy) is 2. The fourth-order valence-electron chi connectivity index (χ4n) is 2.55. The normalized spacial score (nSPS) is 11.7. The highest BCUT2D eigenvalue weighted by Crippen LogP contribution is 2.34. The van der Waals surface area contributed by atoms with Crippen LogP contribution in [0.5, 0.6) is 11.5 Å². The van der Waals surface area contributed by atoms with E-state index in [0.717, 1.165) is 11.4 Å². The lowest BCUT2D eigenvalue weighted by molar-refractivity contribution is -0.114.